The molecule has 140 valence electrons. The van der Waals surface area contributed by atoms with Crippen LogP contribution in [-0.2, 0) is 17.9 Å². The highest BCUT2D eigenvalue weighted by Gasteiger charge is 2.35. The lowest BCUT2D eigenvalue weighted by molar-refractivity contribution is 0.0906. The van der Waals surface area contributed by atoms with E-state index < -0.39 is 0 Å². The maximum Gasteiger partial charge on any atom is 0.251 e. The average Bonchev–Trinajstić information content (AvgIpc) is 3.00. The molecule has 7 nitrogen and oxygen atoms in total. The van der Waals surface area contributed by atoms with Gasteiger partial charge in [0.2, 0.25) is 0 Å². The summed E-state index contributed by atoms with van der Waals surface area (Å²) in [5.74, 6) is 1.63. The van der Waals surface area contributed by atoms with Gasteiger partial charge in [-0.1, -0.05) is 6.07 Å². The predicted molar refractivity (Wildman–Crippen MR) is 97.0 cm³/mol. The molecular formula is C19H26N4O3. The van der Waals surface area contributed by atoms with E-state index in [1.165, 1.54) is 5.56 Å². The van der Waals surface area contributed by atoms with Gasteiger partial charge in [-0.25, -0.2) is 0 Å². The quantitative estimate of drug-likeness (QED) is 0.786. The van der Waals surface area contributed by atoms with Gasteiger partial charge in [-0.3, -0.25) is 4.79 Å². The van der Waals surface area contributed by atoms with Crippen LogP contribution in [0.1, 0.15) is 51.9 Å². The van der Waals surface area contributed by atoms with Crippen molar-refractivity contribution in [2.24, 2.45) is 0 Å². The molecule has 1 aliphatic carbocycles. The van der Waals surface area contributed by atoms with Crippen LogP contribution in [0.25, 0.3) is 0 Å². The van der Waals surface area contributed by atoms with Crippen molar-refractivity contribution in [1.82, 2.24) is 20.1 Å². The van der Waals surface area contributed by atoms with Crippen molar-refractivity contribution in [3.8, 4) is 0 Å². The summed E-state index contributed by atoms with van der Waals surface area (Å²) in [5, 5.41) is 20.8. The van der Waals surface area contributed by atoms with Crippen LogP contribution in [0.3, 0.4) is 0 Å². The summed E-state index contributed by atoms with van der Waals surface area (Å²) in [4.78, 5) is 12.4. The van der Waals surface area contributed by atoms with Crippen LogP contribution in [0.2, 0.25) is 0 Å². The van der Waals surface area contributed by atoms with E-state index in [0.29, 0.717) is 24.5 Å². The molecule has 1 saturated carbocycles. The standard InChI is InChI=1S/C19H26N4O3/c1-12-4-5-14(8-13(12)2)19(25)20-16-9-15(10-16)18-22-21-17(11-24)23(18)6-7-26-3/h4-5,8,15-16,24H,6-7,9-11H2,1-3H3,(H,20,25). The second-order valence-electron chi connectivity index (χ2n) is 6.91. The van der Waals surface area contributed by atoms with Crippen molar-refractivity contribution in [3.63, 3.8) is 0 Å². The molecule has 1 aliphatic rings. The molecule has 0 radical (unpaired) electrons. The minimum Gasteiger partial charge on any atom is -0.388 e. The lowest BCUT2D eigenvalue weighted by Crippen LogP contribution is -2.44. The highest BCUT2D eigenvalue weighted by Crippen LogP contribution is 2.36. The number of methoxy groups -OCH3 is 1. The maximum absolute atomic E-state index is 12.4. The molecule has 0 atom stereocenters. The van der Waals surface area contributed by atoms with Crippen LogP contribution in [0, 0.1) is 13.8 Å². The van der Waals surface area contributed by atoms with Gasteiger partial charge in [-0.15, -0.1) is 10.2 Å². The molecule has 7 heteroatoms. The van der Waals surface area contributed by atoms with Gasteiger partial charge in [0.05, 0.1) is 6.61 Å². The van der Waals surface area contributed by atoms with E-state index in [1.807, 2.05) is 36.6 Å². The van der Waals surface area contributed by atoms with E-state index in [9.17, 15) is 9.90 Å². The Hall–Kier alpha value is -2.25. The summed E-state index contributed by atoms with van der Waals surface area (Å²) in [6, 6.07) is 5.90. The summed E-state index contributed by atoms with van der Waals surface area (Å²) < 4.78 is 7.05. The van der Waals surface area contributed by atoms with Crippen LogP contribution in [0.15, 0.2) is 18.2 Å². The first-order valence-corrected chi connectivity index (χ1v) is 8.93. The Balaban J connectivity index is 1.59. The highest BCUT2D eigenvalue weighted by molar-refractivity contribution is 5.94. The topological polar surface area (TPSA) is 89.3 Å². The van der Waals surface area contributed by atoms with Crippen LogP contribution in [0.5, 0.6) is 0 Å². The van der Waals surface area contributed by atoms with Crippen LogP contribution in [-0.4, -0.2) is 45.5 Å². The monoisotopic (exact) mass is 358 g/mol. The van der Waals surface area contributed by atoms with Gasteiger partial charge < -0.3 is 19.7 Å². The molecule has 0 saturated heterocycles. The minimum absolute atomic E-state index is 0.0338. The van der Waals surface area contributed by atoms with Crippen LogP contribution >= 0.6 is 0 Å². The SMILES string of the molecule is COCCn1c(CO)nnc1C1CC(NC(=O)c2ccc(C)c(C)c2)C1. The van der Waals surface area contributed by atoms with Crippen molar-refractivity contribution in [2.45, 2.75) is 51.8 Å². The lowest BCUT2D eigenvalue weighted by atomic mass is 9.79. The fourth-order valence-corrected chi connectivity index (χ4v) is 3.29. The van der Waals surface area contributed by atoms with Crippen molar-refractivity contribution >= 4 is 5.91 Å². The highest BCUT2D eigenvalue weighted by atomic mass is 16.5. The average molecular weight is 358 g/mol. The normalized spacial score (nSPS) is 19.2. The maximum atomic E-state index is 12.4. The summed E-state index contributed by atoms with van der Waals surface area (Å²) in [5.41, 5.74) is 3.00. The molecule has 3 rings (SSSR count). The van der Waals surface area contributed by atoms with Crippen molar-refractivity contribution in [3.05, 3.63) is 46.5 Å². The van der Waals surface area contributed by atoms with Crippen LogP contribution < -0.4 is 5.32 Å². The molecule has 1 aromatic heterocycles. The van der Waals surface area contributed by atoms with E-state index in [0.717, 1.165) is 24.2 Å². The number of hydrogen-bond donors (Lipinski definition) is 2. The van der Waals surface area contributed by atoms with E-state index in [2.05, 4.69) is 15.5 Å². The molecule has 1 fully saturated rings. The Morgan fingerprint density at radius 2 is 2.08 bits per heavy atom. The number of nitrogens with one attached hydrogen (secondary N) is 1. The molecule has 1 aromatic carbocycles. The van der Waals surface area contributed by atoms with Crippen LogP contribution in [0.4, 0.5) is 0 Å². The zero-order valence-electron chi connectivity index (χ0n) is 15.5. The van der Waals surface area contributed by atoms with Gasteiger partial charge in [0.1, 0.15) is 12.4 Å². The number of aliphatic hydroxyl groups excluding tert-OH is 1. The number of nitrogens with zero attached hydrogens (tertiary/aromatic N) is 3. The Kier molecular flexibility index (Phi) is 5.68. The molecule has 2 aromatic rings. The molecule has 2 N–H and O–H groups in total. The van der Waals surface area contributed by atoms with Gasteiger partial charge in [-0.05, 0) is 49.9 Å². The summed E-state index contributed by atoms with van der Waals surface area (Å²) in [6.07, 6.45) is 1.65. The van der Waals surface area contributed by atoms with Gasteiger partial charge >= 0.3 is 0 Å². The number of hydrogen-bond acceptors (Lipinski definition) is 5. The third-order valence-corrected chi connectivity index (χ3v) is 5.12. The van der Waals surface area contributed by atoms with E-state index in [-0.39, 0.29) is 24.5 Å². The summed E-state index contributed by atoms with van der Waals surface area (Å²) in [6.45, 7) is 5.06. The number of carbonyl (C=O) groups is 1. The Labute approximate surface area is 153 Å². The van der Waals surface area contributed by atoms with Gasteiger partial charge in [0.15, 0.2) is 5.82 Å². The van der Waals surface area contributed by atoms with E-state index >= 15 is 0 Å². The number of carbonyl (C=O) groups excluding carboxylic acids is 1. The summed E-state index contributed by atoms with van der Waals surface area (Å²) in [7, 11) is 1.64. The molecule has 1 heterocycles. The Morgan fingerprint density at radius 1 is 1.31 bits per heavy atom. The Morgan fingerprint density at radius 3 is 2.73 bits per heavy atom. The number of aromatic nitrogens is 3. The first kappa shape index (κ1) is 18.5. The number of aliphatic hydroxyl groups is 1. The van der Waals surface area contributed by atoms with Gasteiger partial charge in [0, 0.05) is 31.2 Å². The molecule has 0 unspecified atom stereocenters. The first-order chi connectivity index (χ1) is 12.5. The number of aryl methyl sites for hydroxylation is 2. The predicted octanol–water partition coefficient (Wildman–Crippen LogP) is 1.71. The third kappa shape index (κ3) is 3.78. The van der Waals surface area contributed by atoms with E-state index in [4.69, 9.17) is 4.74 Å². The largest absolute Gasteiger partial charge is 0.388 e. The summed E-state index contributed by atoms with van der Waals surface area (Å²) >= 11 is 0. The van der Waals surface area contributed by atoms with Gasteiger partial charge in [-0.2, -0.15) is 0 Å². The van der Waals surface area contributed by atoms with Gasteiger partial charge in [0.25, 0.3) is 5.91 Å². The third-order valence-electron chi connectivity index (χ3n) is 5.12. The zero-order chi connectivity index (χ0) is 18.7. The Bertz CT molecular complexity index is 781. The molecule has 26 heavy (non-hydrogen) atoms. The second kappa shape index (κ2) is 7.97. The van der Waals surface area contributed by atoms with Crippen molar-refractivity contribution < 1.29 is 14.6 Å². The molecule has 0 bridgehead atoms. The molecule has 1 amide bonds. The van der Waals surface area contributed by atoms with Crippen molar-refractivity contribution in [1.29, 1.82) is 0 Å². The molecular weight excluding hydrogens is 332 g/mol. The van der Waals surface area contributed by atoms with E-state index in [1.54, 1.807) is 7.11 Å². The number of rotatable bonds is 7. The van der Waals surface area contributed by atoms with Crippen molar-refractivity contribution in [2.75, 3.05) is 13.7 Å². The number of benzene rings is 1. The fourth-order valence-electron chi connectivity index (χ4n) is 3.29. The molecule has 0 aliphatic heterocycles. The number of ether oxygens (including phenoxy) is 1. The smallest absolute Gasteiger partial charge is 0.251 e. The first-order valence-electron chi connectivity index (χ1n) is 8.93. The lowest BCUT2D eigenvalue weighted by Gasteiger charge is -2.35. The minimum atomic E-state index is -0.142. The number of amides is 1. The molecule has 0 spiro atoms. The second-order valence-corrected chi connectivity index (χ2v) is 6.91. The fraction of sp³-hybridized carbons (Fsp3) is 0.526. The zero-order valence-corrected chi connectivity index (χ0v) is 15.5.